The molecule has 1 heterocycles. The number of nitrogens with zero attached hydrogens (tertiary/aromatic N) is 2. The van der Waals surface area contributed by atoms with E-state index >= 15 is 0 Å². The van der Waals surface area contributed by atoms with Crippen molar-refractivity contribution < 1.29 is 4.79 Å². The normalized spacial score (nSPS) is 25.6. The van der Waals surface area contributed by atoms with Crippen molar-refractivity contribution in [3.8, 4) is 0 Å². The smallest absolute Gasteiger partial charge is 0.271 e. The van der Waals surface area contributed by atoms with Crippen LogP contribution >= 0.6 is 0 Å². The molecule has 0 saturated heterocycles. The molecule has 1 amide bonds. The minimum atomic E-state index is -0.109. The number of hydrogen-bond donors (Lipinski definition) is 2. The molecule has 5 nitrogen and oxygen atoms in total. The van der Waals surface area contributed by atoms with Crippen molar-refractivity contribution in [2.45, 2.75) is 24.9 Å². The highest BCUT2D eigenvalue weighted by Crippen LogP contribution is 2.17. The monoisotopic (exact) mass is 194 g/mol. The summed E-state index contributed by atoms with van der Waals surface area (Å²) in [5, 5.41) is 2.88. The third kappa shape index (κ3) is 1.77. The summed E-state index contributed by atoms with van der Waals surface area (Å²) in [6.07, 6.45) is 5.06. The number of aryl methyl sites for hydroxylation is 1. The van der Waals surface area contributed by atoms with Gasteiger partial charge in [-0.2, -0.15) is 0 Å². The molecule has 0 spiro atoms. The molecule has 0 unspecified atom stereocenters. The van der Waals surface area contributed by atoms with Crippen LogP contribution in [0.2, 0.25) is 0 Å². The average Bonchev–Trinajstić information content (AvgIpc) is 2.49. The lowest BCUT2D eigenvalue weighted by atomic mass is 9.87. The number of nitrogens with one attached hydrogen (secondary N) is 1. The SMILES string of the molecule is Cn1cnc(C(=O)NC2CC(N)C2)c1. The van der Waals surface area contributed by atoms with Crippen molar-refractivity contribution in [3.63, 3.8) is 0 Å². The molecule has 0 bridgehead atoms. The number of carbonyl (C=O) groups excluding carboxylic acids is 1. The summed E-state index contributed by atoms with van der Waals surface area (Å²) in [4.78, 5) is 15.5. The third-order valence-corrected chi connectivity index (χ3v) is 2.45. The van der Waals surface area contributed by atoms with Crippen LogP contribution in [0.25, 0.3) is 0 Å². The van der Waals surface area contributed by atoms with Gasteiger partial charge in [0.2, 0.25) is 0 Å². The minimum absolute atomic E-state index is 0.109. The van der Waals surface area contributed by atoms with E-state index in [2.05, 4.69) is 10.3 Å². The zero-order valence-corrected chi connectivity index (χ0v) is 8.10. The van der Waals surface area contributed by atoms with Gasteiger partial charge >= 0.3 is 0 Å². The Morgan fingerprint density at radius 3 is 2.93 bits per heavy atom. The van der Waals surface area contributed by atoms with Crippen molar-refractivity contribution in [3.05, 3.63) is 18.2 Å². The molecule has 76 valence electrons. The lowest BCUT2D eigenvalue weighted by molar-refractivity contribution is 0.0905. The van der Waals surface area contributed by atoms with Gasteiger partial charge in [0.1, 0.15) is 5.69 Å². The first-order valence-corrected chi connectivity index (χ1v) is 4.69. The van der Waals surface area contributed by atoms with Gasteiger partial charge in [-0.05, 0) is 12.8 Å². The van der Waals surface area contributed by atoms with E-state index < -0.39 is 0 Å². The first-order valence-electron chi connectivity index (χ1n) is 4.69. The largest absolute Gasteiger partial charge is 0.348 e. The lowest BCUT2D eigenvalue weighted by Gasteiger charge is -2.32. The number of carbonyl (C=O) groups is 1. The van der Waals surface area contributed by atoms with Crippen LogP contribution in [0.4, 0.5) is 0 Å². The van der Waals surface area contributed by atoms with Crippen LogP contribution in [0.15, 0.2) is 12.5 Å². The summed E-state index contributed by atoms with van der Waals surface area (Å²) >= 11 is 0. The van der Waals surface area contributed by atoms with E-state index in [1.54, 1.807) is 17.1 Å². The Hall–Kier alpha value is -1.36. The molecular formula is C9H14N4O. The fraction of sp³-hybridized carbons (Fsp3) is 0.556. The fourth-order valence-corrected chi connectivity index (χ4v) is 1.57. The topological polar surface area (TPSA) is 72.9 Å². The molecule has 1 fully saturated rings. The van der Waals surface area contributed by atoms with E-state index in [0.29, 0.717) is 5.69 Å². The van der Waals surface area contributed by atoms with Gasteiger partial charge in [0, 0.05) is 25.3 Å². The van der Waals surface area contributed by atoms with Gasteiger partial charge in [-0.25, -0.2) is 4.98 Å². The summed E-state index contributed by atoms with van der Waals surface area (Å²) < 4.78 is 1.75. The maximum Gasteiger partial charge on any atom is 0.271 e. The molecule has 1 aliphatic carbocycles. The molecule has 1 aliphatic rings. The number of aromatic nitrogens is 2. The molecule has 0 aromatic carbocycles. The van der Waals surface area contributed by atoms with Gasteiger partial charge in [0.15, 0.2) is 0 Å². The number of hydrogen-bond acceptors (Lipinski definition) is 3. The predicted molar refractivity (Wildman–Crippen MR) is 51.7 cm³/mol. The van der Waals surface area contributed by atoms with E-state index in [9.17, 15) is 4.79 Å². The quantitative estimate of drug-likeness (QED) is 0.675. The van der Waals surface area contributed by atoms with Gasteiger partial charge in [-0.3, -0.25) is 4.79 Å². The zero-order valence-electron chi connectivity index (χ0n) is 8.10. The summed E-state index contributed by atoms with van der Waals surface area (Å²) in [6, 6.07) is 0.489. The Balaban J connectivity index is 1.90. The number of amides is 1. The molecule has 0 radical (unpaired) electrons. The standard InChI is InChI=1S/C9H14N4O/c1-13-4-8(11-5-13)9(14)12-7-2-6(10)3-7/h4-7H,2-3,10H2,1H3,(H,12,14). The first kappa shape index (κ1) is 9.21. The number of nitrogens with two attached hydrogens (primary N) is 1. The van der Waals surface area contributed by atoms with Crippen molar-refractivity contribution in [2.24, 2.45) is 12.8 Å². The van der Waals surface area contributed by atoms with E-state index in [4.69, 9.17) is 5.73 Å². The summed E-state index contributed by atoms with van der Waals surface area (Å²) in [6.45, 7) is 0. The van der Waals surface area contributed by atoms with Gasteiger partial charge in [0.25, 0.3) is 5.91 Å². The number of rotatable bonds is 2. The minimum Gasteiger partial charge on any atom is -0.348 e. The second-order valence-corrected chi connectivity index (χ2v) is 3.83. The first-order chi connectivity index (χ1) is 6.65. The second-order valence-electron chi connectivity index (χ2n) is 3.83. The summed E-state index contributed by atoms with van der Waals surface area (Å²) in [7, 11) is 1.84. The summed E-state index contributed by atoms with van der Waals surface area (Å²) in [5.41, 5.74) is 6.08. The van der Waals surface area contributed by atoms with Gasteiger partial charge in [-0.15, -0.1) is 0 Å². The van der Waals surface area contributed by atoms with Crippen LogP contribution in [-0.4, -0.2) is 27.5 Å². The second kappa shape index (κ2) is 3.42. The molecule has 14 heavy (non-hydrogen) atoms. The van der Waals surface area contributed by atoms with E-state index in [0.717, 1.165) is 12.8 Å². The van der Waals surface area contributed by atoms with Crippen LogP contribution in [0.1, 0.15) is 23.3 Å². The Labute approximate surface area is 82.3 Å². The Bertz CT molecular complexity index is 340. The highest BCUT2D eigenvalue weighted by molar-refractivity contribution is 5.92. The van der Waals surface area contributed by atoms with Crippen LogP contribution in [0.5, 0.6) is 0 Å². The van der Waals surface area contributed by atoms with Crippen LogP contribution in [0, 0.1) is 0 Å². The van der Waals surface area contributed by atoms with Crippen molar-refractivity contribution in [1.29, 1.82) is 0 Å². The average molecular weight is 194 g/mol. The third-order valence-electron chi connectivity index (χ3n) is 2.45. The van der Waals surface area contributed by atoms with E-state index in [1.807, 2.05) is 7.05 Å². The molecular weight excluding hydrogens is 180 g/mol. The molecule has 5 heteroatoms. The highest BCUT2D eigenvalue weighted by Gasteiger charge is 2.27. The van der Waals surface area contributed by atoms with Crippen molar-refractivity contribution >= 4 is 5.91 Å². The molecule has 2 rings (SSSR count). The number of imidazole rings is 1. The summed E-state index contributed by atoms with van der Waals surface area (Å²) in [5.74, 6) is -0.109. The molecule has 0 aliphatic heterocycles. The van der Waals surface area contributed by atoms with Crippen LogP contribution < -0.4 is 11.1 Å². The van der Waals surface area contributed by atoms with Crippen LogP contribution in [-0.2, 0) is 7.05 Å². The Morgan fingerprint density at radius 2 is 2.43 bits per heavy atom. The van der Waals surface area contributed by atoms with Crippen molar-refractivity contribution in [2.75, 3.05) is 0 Å². The van der Waals surface area contributed by atoms with Gasteiger partial charge in [-0.1, -0.05) is 0 Å². The molecule has 3 N–H and O–H groups in total. The Kier molecular flexibility index (Phi) is 2.25. The van der Waals surface area contributed by atoms with E-state index in [1.165, 1.54) is 0 Å². The van der Waals surface area contributed by atoms with Gasteiger partial charge in [0.05, 0.1) is 6.33 Å². The fourth-order valence-electron chi connectivity index (χ4n) is 1.57. The molecule has 1 aromatic heterocycles. The van der Waals surface area contributed by atoms with E-state index in [-0.39, 0.29) is 18.0 Å². The molecule has 1 aromatic rings. The molecule has 1 saturated carbocycles. The lowest BCUT2D eigenvalue weighted by Crippen LogP contribution is -2.50. The molecule has 0 atom stereocenters. The Morgan fingerprint density at radius 1 is 1.71 bits per heavy atom. The highest BCUT2D eigenvalue weighted by atomic mass is 16.2. The van der Waals surface area contributed by atoms with Crippen molar-refractivity contribution in [1.82, 2.24) is 14.9 Å². The maximum absolute atomic E-state index is 11.5. The predicted octanol–water partition coefficient (Wildman–Crippen LogP) is -0.360. The maximum atomic E-state index is 11.5. The zero-order chi connectivity index (χ0) is 10.1. The van der Waals surface area contributed by atoms with Gasteiger partial charge < -0.3 is 15.6 Å². The van der Waals surface area contributed by atoms with Crippen LogP contribution in [0.3, 0.4) is 0 Å².